The van der Waals surface area contributed by atoms with Crippen molar-refractivity contribution in [1.82, 2.24) is 4.31 Å². The van der Waals surface area contributed by atoms with Crippen LogP contribution in [0.5, 0.6) is 0 Å². The second-order valence-corrected chi connectivity index (χ2v) is 7.60. The van der Waals surface area contributed by atoms with Gasteiger partial charge in [-0.15, -0.1) is 0 Å². The number of rotatable bonds is 6. The van der Waals surface area contributed by atoms with Crippen molar-refractivity contribution in [2.24, 2.45) is 0 Å². The molecule has 11 heteroatoms. The normalized spacial score (nSPS) is 15.1. The molecule has 0 aliphatic rings. The average Bonchev–Trinajstić information content (AvgIpc) is 2.48. The number of nitrogens with one attached hydrogen (secondary N) is 1. The van der Waals surface area contributed by atoms with Gasteiger partial charge in [-0.25, -0.2) is 8.42 Å². The molecule has 0 aliphatic carbocycles. The third-order valence-corrected chi connectivity index (χ3v) is 5.88. The molecule has 0 radical (unpaired) electrons. The van der Waals surface area contributed by atoms with Crippen LogP contribution in [0.25, 0.3) is 0 Å². The number of benzene rings is 1. The van der Waals surface area contributed by atoms with Crippen molar-refractivity contribution >= 4 is 33.2 Å². The Kier molecular flexibility index (Phi) is 6.49. The zero-order valence-electron chi connectivity index (χ0n) is 13.7. The maximum absolute atomic E-state index is 12.6. The van der Waals surface area contributed by atoms with Crippen molar-refractivity contribution in [3.05, 3.63) is 23.2 Å². The first-order chi connectivity index (χ1) is 11.3. The van der Waals surface area contributed by atoms with E-state index in [1.165, 1.54) is 4.31 Å². The maximum atomic E-state index is 12.6. The van der Waals surface area contributed by atoms with Crippen molar-refractivity contribution in [1.29, 1.82) is 0 Å². The first kappa shape index (κ1) is 21.7. The molecule has 0 bridgehead atoms. The molecule has 1 aromatic carbocycles. The number of aliphatic hydroxyl groups is 1. The molecule has 0 aliphatic heterocycles. The van der Waals surface area contributed by atoms with Crippen LogP contribution in [0.4, 0.5) is 18.9 Å². The van der Waals surface area contributed by atoms with E-state index in [9.17, 15) is 31.5 Å². The summed E-state index contributed by atoms with van der Waals surface area (Å²) in [6, 6.07) is 3.19. The van der Waals surface area contributed by atoms with Gasteiger partial charge in [-0.1, -0.05) is 25.4 Å². The van der Waals surface area contributed by atoms with Gasteiger partial charge in [-0.3, -0.25) is 4.79 Å². The molecule has 2 N–H and O–H groups in total. The van der Waals surface area contributed by atoms with Crippen molar-refractivity contribution in [2.45, 2.75) is 37.4 Å². The third-order valence-electron chi connectivity index (χ3n) is 3.53. The van der Waals surface area contributed by atoms with E-state index in [1.807, 2.05) is 5.32 Å². The molecule has 6 nitrogen and oxygen atoms in total. The summed E-state index contributed by atoms with van der Waals surface area (Å²) in [7, 11) is -3.81. The van der Waals surface area contributed by atoms with E-state index in [0.29, 0.717) is 6.92 Å². The molecule has 0 saturated carbocycles. The van der Waals surface area contributed by atoms with Gasteiger partial charge in [0, 0.05) is 13.1 Å². The summed E-state index contributed by atoms with van der Waals surface area (Å²) in [6.07, 6.45) is -5.18. The van der Waals surface area contributed by atoms with Crippen molar-refractivity contribution in [2.75, 3.05) is 18.4 Å². The standard InChI is InChI=1S/C14H18ClF3N2O4S/c1-4-20(5-2)25(23,24)9-6-7-11(10(15)8-9)19-12(21)13(3,22)14(16,17)18/h6-8,22H,4-5H2,1-3H3,(H,19,21)/t13-/m1/s1. The Morgan fingerprint density at radius 1 is 1.28 bits per heavy atom. The molecule has 0 heterocycles. The minimum Gasteiger partial charge on any atom is -0.373 e. The van der Waals surface area contributed by atoms with Crippen molar-refractivity contribution in [3.8, 4) is 0 Å². The van der Waals surface area contributed by atoms with Gasteiger partial charge < -0.3 is 10.4 Å². The Hall–Kier alpha value is -1.36. The molecule has 1 aromatic rings. The lowest BCUT2D eigenvalue weighted by Gasteiger charge is -2.25. The molecule has 1 rings (SSSR count). The SMILES string of the molecule is CCN(CC)S(=O)(=O)c1ccc(NC(=O)[C@@](C)(O)C(F)(F)F)c(Cl)c1. The minimum absolute atomic E-state index is 0.165. The summed E-state index contributed by atoms with van der Waals surface area (Å²) in [4.78, 5) is 11.5. The number of hydrogen-bond acceptors (Lipinski definition) is 4. The average molecular weight is 403 g/mol. The van der Waals surface area contributed by atoms with E-state index in [1.54, 1.807) is 13.8 Å². The summed E-state index contributed by atoms with van der Waals surface area (Å²) in [5.74, 6) is -1.73. The fourth-order valence-corrected chi connectivity index (χ4v) is 3.62. The molecule has 142 valence electrons. The summed E-state index contributed by atoms with van der Waals surface area (Å²) >= 11 is 5.87. The van der Waals surface area contributed by atoms with E-state index in [0.717, 1.165) is 18.2 Å². The summed E-state index contributed by atoms with van der Waals surface area (Å²) in [5, 5.41) is 10.9. The summed E-state index contributed by atoms with van der Waals surface area (Å²) in [5.41, 5.74) is -3.88. The molecule has 0 spiro atoms. The molecule has 0 unspecified atom stereocenters. The highest BCUT2D eigenvalue weighted by Gasteiger charge is 2.55. The van der Waals surface area contributed by atoms with Crippen LogP contribution in [0.2, 0.25) is 5.02 Å². The number of amides is 1. The Bertz CT molecular complexity index is 747. The number of alkyl halides is 3. The number of sulfonamides is 1. The van der Waals surface area contributed by atoms with Gasteiger partial charge in [-0.05, 0) is 25.1 Å². The molecule has 0 saturated heterocycles. The quantitative estimate of drug-likeness (QED) is 0.765. The Labute approximate surface area is 148 Å². The largest absolute Gasteiger partial charge is 0.426 e. The molecule has 0 aromatic heterocycles. The third kappa shape index (κ3) is 4.43. The van der Waals surface area contributed by atoms with Gasteiger partial charge in [-0.2, -0.15) is 17.5 Å². The first-order valence-electron chi connectivity index (χ1n) is 7.19. The highest BCUT2D eigenvalue weighted by molar-refractivity contribution is 7.89. The minimum atomic E-state index is -5.18. The van der Waals surface area contributed by atoms with E-state index < -0.39 is 27.7 Å². The predicted octanol–water partition coefficient (Wildman–Crippen LogP) is 2.62. The van der Waals surface area contributed by atoms with Crippen LogP contribution in [-0.4, -0.2) is 48.6 Å². The lowest BCUT2D eigenvalue weighted by molar-refractivity contribution is -0.242. The van der Waals surface area contributed by atoms with Gasteiger partial charge in [0.15, 0.2) is 0 Å². The second-order valence-electron chi connectivity index (χ2n) is 5.26. The molecule has 0 fully saturated rings. The van der Waals surface area contributed by atoms with E-state index >= 15 is 0 Å². The van der Waals surface area contributed by atoms with Crippen LogP contribution in [0, 0.1) is 0 Å². The Balaban J connectivity index is 3.15. The van der Waals surface area contributed by atoms with Crippen LogP contribution < -0.4 is 5.32 Å². The van der Waals surface area contributed by atoms with Crippen LogP contribution >= 0.6 is 11.6 Å². The van der Waals surface area contributed by atoms with Gasteiger partial charge in [0.2, 0.25) is 15.6 Å². The fourth-order valence-electron chi connectivity index (χ4n) is 1.84. The number of carbonyl (C=O) groups excluding carboxylic acids is 1. The molecule has 25 heavy (non-hydrogen) atoms. The molecular formula is C14H18ClF3N2O4S. The van der Waals surface area contributed by atoms with Gasteiger partial charge in [0.05, 0.1) is 15.6 Å². The smallest absolute Gasteiger partial charge is 0.373 e. The number of nitrogens with zero attached hydrogens (tertiary/aromatic N) is 1. The van der Waals surface area contributed by atoms with E-state index in [4.69, 9.17) is 11.6 Å². The van der Waals surface area contributed by atoms with Crippen LogP contribution in [0.15, 0.2) is 23.1 Å². The Morgan fingerprint density at radius 3 is 2.20 bits per heavy atom. The van der Waals surface area contributed by atoms with Crippen LogP contribution in [-0.2, 0) is 14.8 Å². The zero-order chi connectivity index (χ0) is 19.6. The van der Waals surface area contributed by atoms with E-state index in [-0.39, 0.29) is 28.7 Å². The first-order valence-corrected chi connectivity index (χ1v) is 9.01. The zero-order valence-corrected chi connectivity index (χ0v) is 15.3. The Morgan fingerprint density at radius 2 is 1.80 bits per heavy atom. The number of carbonyl (C=O) groups is 1. The lowest BCUT2D eigenvalue weighted by atomic mass is 10.1. The van der Waals surface area contributed by atoms with Gasteiger partial charge in [0.1, 0.15) is 0 Å². The summed E-state index contributed by atoms with van der Waals surface area (Å²) < 4.78 is 63.8. The highest BCUT2D eigenvalue weighted by Crippen LogP contribution is 2.33. The van der Waals surface area contributed by atoms with E-state index in [2.05, 4.69) is 0 Å². The number of anilines is 1. The summed E-state index contributed by atoms with van der Waals surface area (Å²) in [6.45, 7) is 4.05. The number of halogens is 4. The topological polar surface area (TPSA) is 86.7 Å². The van der Waals surface area contributed by atoms with Crippen LogP contribution in [0.1, 0.15) is 20.8 Å². The van der Waals surface area contributed by atoms with Gasteiger partial charge in [0.25, 0.3) is 5.91 Å². The second kappa shape index (κ2) is 7.48. The van der Waals surface area contributed by atoms with Crippen LogP contribution in [0.3, 0.4) is 0 Å². The highest BCUT2D eigenvalue weighted by atomic mass is 35.5. The van der Waals surface area contributed by atoms with Gasteiger partial charge >= 0.3 is 6.18 Å². The molecular weight excluding hydrogens is 385 g/mol. The molecule has 1 atom stereocenters. The van der Waals surface area contributed by atoms with Crippen molar-refractivity contribution < 1.29 is 31.5 Å². The number of hydrogen-bond donors (Lipinski definition) is 2. The maximum Gasteiger partial charge on any atom is 0.426 e. The molecule has 1 amide bonds. The predicted molar refractivity (Wildman–Crippen MR) is 86.9 cm³/mol. The monoisotopic (exact) mass is 402 g/mol. The fraction of sp³-hybridized carbons (Fsp3) is 0.500. The lowest BCUT2D eigenvalue weighted by Crippen LogP contribution is -2.52. The van der Waals surface area contributed by atoms with Crippen molar-refractivity contribution in [3.63, 3.8) is 0 Å².